The van der Waals surface area contributed by atoms with E-state index in [0.29, 0.717) is 25.5 Å². The summed E-state index contributed by atoms with van der Waals surface area (Å²) in [6, 6.07) is 13.6. The van der Waals surface area contributed by atoms with Crippen molar-refractivity contribution >= 4 is 11.9 Å². The predicted molar refractivity (Wildman–Crippen MR) is 105 cm³/mol. The summed E-state index contributed by atoms with van der Waals surface area (Å²) in [5.41, 5.74) is 3.07. The van der Waals surface area contributed by atoms with Crippen LogP contribution in [-0.2, 0) is 16.1 Å². The number of carboxylic acids is 1. The number of hydrogen-bond donors (Lipinski definition) is 1. The van der Waals surface area contributed by atoms with Crippen LogP contribution in [0, 0.1) is 19.8 Å². The van der Waals surface area contributed by atoms with E-state index in [9.17, 15) is 9.59 Å². The second-order valence-electron chi connectivity index (χ2n) is 7.09. The second-order valence-corrected chi connectivity index (χ2v) is 7.09. The van der Waals surface area contributed by atoms with Crippen LogP contribution in [0.25, 0.3) is 0 Å². The van der Waals surface area contributed by atoms with Gasteiger partial charge in [-0.3, -0.25) is 9.59 Å². The summed E-state index contributed by atoms with van der Waals surface area (Å²) in [4.78, 5) is 24.8. The van der Waals surface area contributed by atoms with Gasteiger partial charge in [0.1, 0.15) is 24.7 Å². The SMILES string of the molecule is Cc1ccc(C)c(OCCOc2ccccc2CN2CC(C(=O)O)CC2=O)c1. The molecule has 0 spiro atoms. The maximum Gasteiger partial charge on any atom is 0.308 e. The van der Waals surface area contributed by atoms with Gasteiger partial charge in [0.25, 0.3) is 0 Å². The second kappa shape index (κ2) is 8.78. The molecule has 3 rings (SSSR count). The van der Waals surface area contributed by atoms with E-state index in [0.717, 1.165) is 22.4 Å². The first kappa shape index (κ1) is 19.7. The van der Waals surface area contributed by atoms with Crippen LogP contribution >= 0.6 is 0 Å². The van der Waals surface area contributed by atoms with E-state index < -0.39 is 11.9 Å². The highest BCUT2D eigenvalue weighted by Crippen LogP contribution is 2.25. The van der Waals surface area contributed by atoms with Gasteiger partial charge in [-0.05, 0) is 37.1 Å². The average molecular weight is 383 g/mol. The minimum Gasteiger partial charge on any atom is -0.490 e. The van der Waals surface area contributed by atoms with Gasteiger partial charge in [-0.1, -0.05) is 30.3 Å². The van der Waals surface area contributed by atoms with Gasteiger partial charge in [0.15, 0.2) is 0 Å². The molecule has 1 amide bonds. The smallest absolute Gasteiger partial charge is 0.308 e. The fraction of sp³-hybridized carbons (Fsp3) is 0.364. The van der Waals surface area contributed by atoms with Crippen molar-refractivity contribution in [1.82, 2.24) is 4.90 Å². The van der Waals surface area contributed by atoms with Crippen LogP contribution in [0.1, 0.15) is 23.1 Å². The van der Waals surface area contributed by atoms with E-state index in [1.54, 1.807) is 4.90 Å². The molecule has 1 unspecified atom stereocenters. The topological polar surface area (TPSA) is 76.1 Å². The van der Waals surface area contributed by atoms with E-state index in [-0.39, 0.29) is 18.9 Å². The summed E-state index contributed by atoms with van der Waals surface area (Å²) in [5.74, 6) is -0.172. The molecule has 6 heteroatoms. The summed E-state index contributed by atoms with van der Waals surface area (Å²) in [6.45, 7) is 5.38. The lowest BCUT2D eigenvalue weighted by Crippen LogP contribution is -2.26. The van der Waals surface area contributed by atoms with Crippen molar-refractivity contribution < 1.29 is 24.2 Å². The number of rotatable bonds is 8. The van der Waals surface area contributed by atoms with Gasteiger partial charge in [0.05, 0.1) is 5.92 Å². The molecule has 1 N–H and O–H groups in total. The first-order valence-corrected chi connectivity index (χ1v) is 9.35. The lowest BCUT2D eigenvalue weighted by Gasteiger charge is -2.19. The number of carbonyl (C=O) groups excluding carboxylic acids is 1. The van der Waals surface area contributed by atoms with E-state index in [2.05, 4.69) is 0 Å². The zero-order valence-corrected chi connectivity index (χ0v) is 16.2. The number of nitrogens with zero attached hydrogens (tertiary/aromatic N) is 1. The Bertz CT molecular complexity index is 864. The van der Waals surface area contributed by atoms with Crippen molar-refractivity contribution in [3.05, 3.63) is 59.2 Å². The van der Waals surface area contributed by atoms with Crippen molar-refractivity contribution in [2.24, 2.45) is 5.92 Å². The highest BCUT2D eigenvalue weighted by Gasteiger charge is 2.34. The van der Waals surface area contributed by atoms with Crippen molar-refractivity contribution in [2.75, 3.05) is 19.8 Å². The highest BCUT2D eigenvalue weighted by molar-refractivity contribution is 5.86. The molecule has 2 aromatic rings. The number of benzene rings is 2. The predicted octanol–water partition coefficient (Wildman–Crippen LogP) is 3.19. The van der Waals surface area contributed by atoms with Crippen LogP contribution in [0.4, 0.5) is 0 Å². The number of likely N-dealkylation sites (tertiary alicyclic amines) is 1. The largest absolute Gasteiger partial charge is 0.490 e. The molecule has 1 saturated heterocycles. The lowest BCUT2D eigenvalue weighted by molar-refractivity contribution is -0.141. The Morgan fingerprint density at radius 3 is 2.54 bits per heavy atom. The molecule has 6 nitrogen and oxygen atoms in total. The minimum atomic E-state index is -0.927. The van der Waals surface area contributed by atoms with Crippen LogP contribution in [0.15, 0.2) is 42.5 Å². The molecule has 0 bridgehead atoms. The van der Waals surface area contributed by atoms with Crippen LogP contribution in [0.3, 0.4) is 0 Å². The molecule has 28 heavy (non-hydrogen) atoms. The fourth-order valence-electron chi connectivity index (χ4n) is 3.24. The normalized spacial score (nSPS) is 16.3. The van der Waals surface area contributed by atoms with Crippen LogP contribution in [0.2, 0.25) is 0 Å². The molecule has 0 aliphatic carbocycles. The van der Waals surface area contributed by atoms with Gasteiger partial charge in [-0.25, -0.2) is 0 Å². The molecular weight excluding hydrogens is 358 g/mol. The Morgan fingerprint density at radius 1 is 1.11 bits per heavy atom. The minimum absolute atomic E-state index is 0.0576. The molecule has 1 aliphatic rings. The molecule has 0 radical (unpaired) electrons. The summed E-state index contributed by atoms with van der Waals surface area (Å²) in [7, 11) is 0. The number of hydrogen-bond acceptors (Lipinski definition) is 4. The maximum absolute atomic E-state index is 12.1. The van der Waals surface area contributed by atoms with Gasteiger partial charge >= 0.3 is 5.97 Å². The molecule has 1 fully saturated rings. The summed E-state index contributed by atoms with van der Waals surface area (Å²) in [6.07, 6.45) is 0.0576. The number of para-hydroxylation sites is 1. The Balaban J connectivity index is 1.56. The van der Waals surface area contributed by atoms with Gasteiger partial charge in [0, 0.05) is 25.1 Å². The maximum atomic E-state index is 12.1. The molecule has 0 aromatic heterocycles. The van der Waals surface area contributed by atoms with Crippen molar-refractivity contribution in [2.45, 2.75) is 26.8 Å². The van der Waals surface area contributed by atoms with E-state index in [1.165, 1.54) is 0 Å². The third kappa shape index (κ3) is 4.82. The van der Waals surface area contributed by atoms with E-state index in [1.807, 2.05) is 56.3 Å². The molecular formula is C22H25NO5. The van der Waals surface area contributed by atoms with E-state index in [4.69, 9.17) is 14.6 Å². The summed E-state index contributed by atoms with van der Waals surface area (Å²) < 4.78 is 11.7. The van der Waals surface area contributed by atoms with Crippen LogP contribution < -0.4 is 9.47 Å². The van der Waals surface area contributed by atoms with Gasteiger partial charge < -0.3 is 19.5 Å². The van der Waals surface area contributed by atoms with Crippen LogP contribution in [0.5, 0.6) is 11.5 Å². The van der Waals surface area contributed by atoms with Gasteiger partial charge in [0.2, 0.25) is 5.91 Å². The zero-order chi connectivity index (χ0) is 20.1. The number of carboxylic acid groups (broad SMARTS) is 1. The number of ether oxygens (including phenoxy) is 2. The molecule has 0 saturated carbocycles. The van der Waals surface area contributed by atoms with Crippen molar-refractivity contribution in [3.63, 3.8) is 0 Å². The first-order valence-electron chi connectivity index (χ1n) is 9.35. The number of aryl methyl sites for hydroxylation is 2. The molecule has 2 aromatic carbocycles. The zero-order valence-electron chi connectivity index (χ0n) is 16.2. The monoisotopic (exact) mass is 383 g/mol. The Hall–Kier alpha value is -3.02. The summed E-state index contributed by atoms with van der Waals surface area (Å²) in [5, 5.41) is 9.13. The third-order valence-corrected chi connectivity index (χ3v) is 4.84. The first-order chi connectivity index (χ1) is 13.4. The Morgan fingerprint density at radius 2 is 1.82 bits per heavy atom. The van der Waals surface area contributed by atoms with Gasteiger partial charge in [-0.15, -0.1) is 0 Å². The summed E-state index contributed by atoms with van der Waals surface area (Å²) >= 11 is 0. The average Bonchev–Trinajstić information content (AvgIpc) is 3.03. The van der Waals surface area contributed by atoms with E-state index >= 15 is 0 Å². The Kier molecular flexibility index (Phi) is 6.19. The van der Waals surface area contributed by atoms with Crippen molar-refractivity contribution in [1.29, 1.82) is 0 Å². The van der Waals surface area contributed by atoms with Crippen molar-refractivity contribution in [3.8, 4) is 11.5 Å². The molecule has 148 valence electrons. The number of aliphatic carboxylic acids is 1. The molecule has 1 atom stereocenters. The fourth-order valence-corrected chi connectivity index (χ4v) is 3.24. The highest BCUT2D eigenvalue weighted by atomic mass is 16.5. The standard InChI is InChI=1S/C22H25NO5/c1-15-7-8-16(2)20(11-15)28-10-9-27-19-6-4-3-5-17(19)13-23-14-18(22(25)26)12-21(23)24/h3-8,11,18H,9-10,12-14H2,1-2H3,(H,25,26). The molecule has 1 aliphatic heterocycles. The van der Waals surface area contributed by atoms with Gasteiger partial charge in [-0.2, -0.15) is 0 Å². The third-order valence-electron chi connectivity index (χ3n) is 4.84. The van der Waals surface area contributed by atoms with Crippen LogP contribution in [-0.4, -0.2) is 41.6 Å². The molecule has 1 heterocycles. The lowest BCUT2D eigenvalue weighted by atomic mass is 10.1. The number of carbonyl (C=O) groups is 2. The quantitative estimate of drug-likeness (QED) is 0.709. The Labute approximate surface area is 164 Å². The number of amides is 1.